The van der Waals surface area contributed by atoms with Gasteiger partial charge in [-0.3, -0.25) is 4.79 Å². The molecule has 2 unspecified atom stereocenters. The number of fused-ring (bicyclic) bond motifs is 1. The minimum atomic E-state index is -0.211. The van der Waals surface area contributed by atoms with Crippen LogP contribution in [0.2, 0.25) is 0 Å². The molecule has 0 fully saturated rings. The fourth-order valence-corrected chi connectivity index (χ4v) is 2.56. The molecule has 1 heterocycles. The third kappa shape index (κ3) is 2.66. The first-order valence-corrected chi connectivity index (χ1v) is 7.36. The van der Waals surface area contributed by atoms with Crippen LogP contribution in [0.4, 0.5) is 11.4 Å². The summed E-state index contributed by atoms with van der Waals surface area (Å²) in [7, 11) is 2.10. The molecular formula is C16H25N3O. The van der Waals surface area contributed by atoms with Gasteiger partial charge in [0, 0.05) is 30.0 Å². The average molecular weight is 275 g/mol. The van der Waals surface area contributed by atoms with Crippen molar-refractivity contribution in [2.75, 3.05) is 23.8 Å². The van der Waals surface area contributed by atoms with Crippen LogP contribution in [-0.2, 0) is 4.79 Å². The Kier molecular flexibility index (Phi) is 4.33. The van der Waals surface area contributed by atoms with Crippen molar-refractivity contribution in [3.05, 3.63) is 23.8 Å². The Balaban J connectivity index is 2.26. The van der Waals surface area contributed by atoms with Crippen LogP contribution in [0.5, 0.6) is 0 Å². The van der Waals surface area contributed by atoms with Crippen molar-refractivity contribution in [1.82, 2.24) is 5.32 Å². The van der Waals surface area contributed by atoms with Gasteiger partial charge in [0.15, 0.2) is 0 Å². The Labute approximate surface area is 121 Å². The Morgan fingerprint density at radius 1 is 1.35 bits per heavy atom. The van der Waals surface area contributed by atoms with Crippen molar-refractivity contribution in [2.24, 2.45) is 5.92 Å². The number of amides is 1. The van der Waals surface area contributed by atoms with Gasteiger partial charge in [0.2, 0.25) is 5.91 Å². The number of anilines is 2. The van der Waals surface area contributed by atoms with E-state index in [-0.39, 0.29) is 11.9 Å². The van der Waals surface area contributed by atoms with Crippen LogP contribution in [0.15, 0.2) is 18.2 Å². The Morgan fingerprint density at radius 2 is 2.05 bits per heavy atom. The van der Waals surface area contributed by atoms with Gasteiger partial charge < -0.3 is 15.5 Å². The van der Waals surface area contributed by atoms with Gasteiger partial charge in [0.05, 0.1) is 0 Å². The second kappa shape index (κ2) is 5.83. The van der Waals surface area contributed by atoms with Crippen LogP contribution in [0, 0.1) is 5.92 Å². The molecule has 2 N–H and O–H groups in total. The zero-order valence-electron chi connectivity index (χ0n) is 13.0. The highest BCUT2D eigenvalue weighted by atomic mass is 16.2. The van der Waals surface area contributed by atoms with Crippen molar-refractivity contribution in [3.63, 3.8) is 0 Å². The highest BCUT2D eigenvalue weighted by molar-refractivity contribution is 6.03. The summed E-state index contributed by atoms with van der Waals surface area (Å²) < 4.78 is 0. The lowest BCUT2D eigenvalue weighted by molar-refractivity contribution is -0.117. The van der Waals surface area contributed by atoms with Gasteiger partial charge in [-0.05, 0) is 31.5 Å². The normalized spacial score (nSPS) is 18.9. The predicted molar refractivity (Wildman–Crippen MR) is 84.2 cm³/mol. The molecule has 1 amide bonds. The Bertz CT molecular complexity index is 498. The van der Waals surface area contributed by atoms with E-state index in [4.69, 9.17) is 0 Å². The van der Waals surface area contributed by atoms with Crippen LogP contribution in [0.25, 0.3) is 0 Å². The van der Waals surface area contributed by atoms with Gasteiger partial charge in [-0.15, -0.1) is 0 Å². The third-order valence-corrected chi connectivity index (χ3v) is 4.26. The maximum absolute atomic E-state index is 12.0. The molecule has 1 aliphatic rings. The summed E-state index contributed by atoms with van der Waals surface area (Å²) >= 11 is 0. The molecule has 4 heteroatoms. The van der Waals surface area contributed by atoms with Crippen LogP contribution in [0.3, 0.4) is 0 Å². The molecule has 0 aliphatic carbocycles. The zero-order valence-corrected chi connectivity index (χ0v) is 13.0. The lowest BCUT2D eigenvalue weighted by Gasteiger charge is -2.30. The minimum absolute atomic E-state index is 0.0403. The second-order valence-electron chi connectivity index (χ2n) is 5.85. The molecule has 2 rings (SSSR count). The maximum Gasteiger partial charge on any atom is 0.246 e. The van der Waals surface area contributed by atoms with Crippen molar-refractivity contribution in [2.45, 2.75) is 39.8 Å². The van der Waals surface area contributed by atoms with E-state index in [2.05, 4.69) is 61.6 Å². The van der Waals surface area contributed by atoms with E-state index in [0.717, 1.165) is 23.5 Å². The van der Waals surface area contributed by atoms with Crippen LogP contribution in [0.1, 0.15) is 39.3 Å². The predicted octanol–water partition coefficient (Wildman–Crippen LogP) is 2.77. The zero-order chi connectivity index (χ0) is 14.9. The van der Waals surface area contributed by atoms with E-state index in [0.29, 0.717) is 12.0 Å². The molecule has 0 spiro atoms. The van der Waals surface area contributed by atoms with Crippen molar-refractivity contribution in [3.8, 4) is 0 Å². The fraction of sp³-hybridized carbons (Fsp3) is 0.562. The molecule has 1 aromatic rings. The molecule has 4 nitrogen and oxygen atoms in total. The largest absolute Gasteiger partial charge is 0.372 e. The Morgan fingerprint density at radius 3 is 2.65 bits per heavy atom. The standard InChI is InChI=1S/C16H25N3O/c1-6-17-15-13-8-7-12(9-14(13)18-16(15)20)19(5)11(4)10(2)3/h7-11,15,17H,6H2,1-5H3,(H,18,20). The third-order valence-electron chi connectivity index (χ3n) is 4.26. The minimum Gasteiger partial charge on any atom is -0.372 e. The Hall–Kier alpha value is -1.55. The van der Waals surface area contributed by atoms with Crippen molar-refractivity contribution >= 4 is 17.3 Å². The van der Waals surface area contributed by atoms with Crippen LogP contribution >= 0.6 is 0 Å². The number of carbonyl (C=O) groups is 1. The molecular weight excluding hydrogens is 250 g/mol. The van der Waals surface area contributed by atoms with Gasteiger partial charge >= 0.3 is 0 Å². The number of benzene rings is 1. The monoisotopic (exact) mass is 275 g/mol. The highest BCUT2D eigenvalue weighted by Crippen LogP contribution is 2.34. The van der Waals surface area contributed by atoms with Crippen molar-refractivity contribution < 1.29 is 4.79 Å². The van der Waals surface area contributed by atoms with E-state index in [1.165, 1.54) is 0 Å². The fourth-order valence-electron chi connectivity index (χ4n) is 2.56. The number of carbonyl (C=O) groups excluding carboxylic acids is 1. The van der Waals surface area contributed by atoms with Gasteiger partial charge in [-0.25, -0.2) is 0 Å². The number of hydrogen-bond acceptors (Lipinski definition) is 3. The number of nitrogens with zero attached hydrogens (tertiary/aromatic N) is 1. The van der Waals surface area contributed by atoms with E-state index < -0.39 is 0 Å². The van der Waals surface area contributed by atoms with E-state index in [1.54, 1.807) is 0 Å². The summed E-state index contributed by atoms with van der Waals surface area (Å²) in [5.41, 5.74) is 3.12. The summed E-state index contributed by atoms with van der Waals surface area (Å²) in [4.78, 5) is 14.2. The summed E-state index contributed by atoms with van der Waals surface area (Å²) in [6.45, 7) is 9.45. The quantitative estimate of drug-likeness (QED) is 0.868. The molecule has 0 aromatic heterocycles. The second-order valence-corrected chi connectivity index (χ2v) is 5.85. The average Bonchev–Trinajstić information content (AvgIpc) is 2.73. The molecule has 0 radical (unpaired) electrons. The van der Waals surface area contributed by atoms with E-state index in [9.17, 15) is 4.79 Å². The molecule has 0 saturated carbocycles. The lowest BCUT2D eigenvalue weighted by Crippen LogP contribution is -2.33. The molecule has 0 saturated heterocycles. The SMILES string of the molecule is CCNC1C(=O)Nc2cc(N(C)C(C)C(C)C)ccc21. The smallest absolute Gasteiger partial charge is 0.246 e. The summed E-state index contributed by atoms with van der Waals surface area (Å²) in [6, 6.07) is 6.47. The topological polar surface area (TPSA) is 44.4 Å². The van der Waals surface area contributed by atoms with Crippen molar-refractivity contribution in [1.29, 1.82) is 0 Å². The number of nitrogens with one attached hydrogen (secondary N) is 2. The summed E-state index contributed by atoms with van der Waals surface area (Å²) in [6.07, 6.45) is 0. The van der Waals surface area contributed by atoms with Gasteiger partial charge in [-0.1, -0.05) is 26.8 Å². The lowest BCUT2D eigenvalue weighted by atomic mass is 10.0. The number of likely N-dealkylation sites (N-methyl/N-ethyl adjacent to an activating group) is 1. The number of hydrogen-bond donors (Lipinski definition) is 2. The molecule has 20 heavy (non-hydrogen) atoms. The van der Waals surface area contributed by atoms with E-state index >= 15 is 0 Å². The van der Waals surface area contributed by atoms with Crippen LogP contribution in [-0.4, -0.2) is 25.5 Å². The van der Waals surface area contributed by atoms with E-state index in [1.807, 2.05) is 6.92 Å². The molecule has 2 atom stereocenters. The molecule has 1 aliphatic heterocycles. The molecule has 110 valence electrons. The first-order chi connectivity index (χ1) is 9.45. The molecule has 0 bridgehead atoms. The van der Waals surface area contributed by atoms with Gasteiger partial charge in [-0.2, -0.15) is 0 Å². The van der Waals surface area contributed by atoms with Gasteiger partial charge in [0.1, 0.15) is 6.04 Å². The molecule has 1 aromatic carbocycles. The van der Waals surface area contributed by atoms with Gasteiger partial charge in [0.25, 0.3) is 0 Å². The first kappa shape index (κ1) is 14.9. The first-order valence-electron chi connectivity index (χ1n) is 7.36. The maximum atomic E-state index is 12.0. The van der Waals surface area contributed by atoms with Crippen LogP contribution < -0.4 is 15.5 Å². The summed E-state index contributed by atoms with van der Waals surface area (Å²) in [5.74, 6) is 0.621. The number of rotatable bonds is 5. The highest BCUT2D eigenvalue weighted by Gasteiger charge is 2.30. The summed E-state index contributed by atoms with van der Waals surface area (Å²) in [5, 5.41) is 6.18.